The Hall–Kier alpha value is -3.03. The maximum absolute atomic E-state index is 14.6. The molecule has 0 spiro atoms. The van der Waals surface area contributed by atoms with Crippen molar-refractivity contribution < 1.29 is 9.13 Å². The first-order valence-electron chi connectivity index (χ1n) is 9.49. The SMILES string of the molecule is CC(CNC(=S)Nc1ccc(Oc2ccnc3ccsc23)c(F)c1)c1ccccc1. The summed E-state index contributed by atoms with van der Waals surface area (Å²) in [5.74, 6) is 0.564. The lowest BCUT2D eigenvalue weighted by Crippen LogP contribution is -2.31. The second-order valence-electron chi connectivity index (χ2n) is 6.84. The molecule has 4 aromatic rings. The van der Waals surface area contributed by atoms with Gasteiger partial charge in [-0.25, -0.2) is 4.39 Å². The van der Waals surface area contributed by atoms with E-state index in [2.05, 4.69) is 34.7 Å². The van der Waals surface area contributed by atoms with Crippen LogP contribution in [-0.4, -0.2) is 16.6 Å². The minimum Gasteiger partial charge on any atom is -0.453 e. The van der Waals surface area contributed by atoms with Crippen LogP contribution in [0.5, 0.6) is 11.5 Å². The van der Waals surface area contributed by atoms with Crippen LogP contribution in [0.4, 0.5) is 10.1 Å². The van der Waals surface area contributed by atoms with Crippen LogP contribution in [0.2, 0.25) is 0 Å². The number of ether oxygens (including phenoxy) is 1. The van der Waals surface area contributed by atoms with Gasteiger partial charge in [0.1, 0.15) is 5.75 Å². The van der Waals surface area contributed by atoms with Crippen LogP contribution in [0, 0.1) is 5.82 Å². The molecule has 7 heteroatoms. The van der Waals surface area contributed by atoms with Gasteiger partial charge >= 0.3 is 0 Å². The van der Waals surface area contributed by atoms with Crippen molar-refractivity contribution in [1.29, 1.82) is 0 Å². The second-order valence-corrected chi connectivity index (χ2v) is 8.16. The molecule has 152 valence electrons. The van der Waals surface area contributed by atoms with Crippen molar-refractivity contribution in [2.24, 2.45) is 0 Å². The molecule has 2 aromatic carbocycles. The van der Waals surface area contributed by atoms with Crippen molar-refractivity contribution >= 4 is 44.6 Å². The molecule has 2 aromatic heterocycles. The van der Waals surface area contributed by atoms with E-state index in [1.165, 1.54) is 23.0 Å². The Labute approximate surface area is 183 Å². The molecule has 0 aliphatic heterocycles. The summed E-state index contributed by atoms with van der Waals surface area (Å²) >= 11 is 6.86. The van der Waals surface area contributed by atoms with E-state index in [1.807, 2.05) is 29.6 Å². The largest absolute Gasteiger partial charge is 0.453 e. The Morgan fingerprint density at radius 3 is 2.77 bits per heavy atom. The summed E-state index contributed by atoms with van der Waals surface area (Å²) in [5, 5.41) is 8.58. The normalized spacial score (nSPS) is 11.8. The van der Waals surface area contributed by atoms with Crippen LogP contribution in [0.25, 0.3) is 10.2 Å². The maximum atomic E-state index is 14.6. The molecule has 0 bridgehead atoms. The molecule has 4 rings (SSSR count). The number of fused-ring (bicyclic) bond motifs is 1. The number of nitrogens with zero attached hydrogens (tertiary/aromatic N) is 1. The van der Waals surface area contributed by atoms with E-state index in [-0.39, 0.29) is 5.75 Å². The number of nitrogens with one attached hydrogen (secondary N) is 2. The summed E-state index contributed by atoms with van der Waals surface area (Å²) in [6.07, 6.45) is 1.65. The molecule has 2 heterocycles. The molecule has 4 nitrogen and oxygen atoms in total. The van der Waals surface area contributed by atoms with Gasteiger partial charge in [-0.2, -0.15) is 0 Å². The molecule has 2 N–H and O–H groups in total. The third-order valence-electron chi connectivity index (χ3n) is 4.65. The standard InChI is InChI=1S/C23H20FN3OS2/c1-15(16-5-3-2-4-6-16)14-26-23(29)27-17-7-8-20(18(24)13-17)28-21-9-11-25-19-10-12-30-22(19)21/h2-13,15H,14H2,1H3,(H2,26,27,29). The maximum Gasteiger partial charge on any atom is 0.170 e. The first-order chi connectivity index (χ1) is 14.6. The number of halogens is 1. The molecule has 0 aliphatic carbocycles. The van der Waals surface area contributed by atoms with Crippen LogP contribution in [0.15, 0.2) is 72.2 Å². The fraction of sp³-hybridized carbons (Fsp3) is 0.130. The summed E-state index contributed by atoms with van der Waals surface area (Å²) in [6, 6.07) is 18.5. The van der Waals surface area contributed by atoms with E-state index in [0.29, 0.717) is 29.0 Å². The molecular formula is C23H20FN3OS2. The highest BCUT2D eigenvalue weighted by molar-refractivity contribution is 7.80. The van der Waals surface area contributed by atoms with Crippen LogP contribution >= 0.6 is 23.6 Å². The summed E-state index contributed by atoms with van der Waals surface area (Å²) in [5.41, 5.74) is 2.62. The van der Waals surface area contributed by atoms with Crippen LogP contribution in [0.3, 0.4) is 0 Å². The Bertz CT molecular complexity index is 1160. The van der Waals surface area contributed by atoms with E-state index in [4.69, 9.17) is 17.0 Å². The monoisotopic (exact) mass is 437 g/mol. The zero-order chi connectivity index (χ0) is 20.9. The smallest absolute Gasteiger partial charge is 0.170 e. The van der Waals surface area contributed by atoms with E-state index in [9.17, 15) is 4.39 Å². The first-order valence-corrected chi connectivity index (χ1v) is 10.8. The fourth-order valence-corrected chi connectivity index (χ4v) is 4.03. The van der Waals surface area contributed by atoms with E-state index in [0.717, 1.165) is 10.2 Å². The Kier molecular flexibility index (Phi) is 6.21. The topological polar surface area (TPSA) is 46.2 Å². The van der Waals surface area contributed by atoms with Gasteiger partial charge in [-0.1, -0.05) is 37.3 Å². The number of aromatic nitrogens is 1. The fourth-order valence-electron chi connectivity index (χ4n) is 3.03. The third kappa shape index (κ3) is 4.75. The molecule has 0 fully saturated rings. The molecule has 1 unspecified atom stereocenters. The molecule has 0 saturated carbocycles. The first kappa shape index (κ1) is 20.3. The zero-order valence-electron chi connectivity index (χ0n) is 16.3. The predicted octanol–water partition coefficient (Wildman–Crippen LogP) is 6.32. The number of rotatable bonds is 6. The zero-order valence-corrected chi connectivity index (χ0v) is 17.9. The number of anilines is 1. The lowest BCUT2D eigenvalue weighted by molar-refractivity contribution is 0.447. The van der Waals surface area contributed by atoms with Gasteiger partial charge < -0.3 is 15.4 Å². The van der Waals surface area contributed by atoms with Gasteiger partial charge in [-0.15, -0.1) is 11.3 Å². The van der Waals surface area contributed by atoms with E-state index >= 15 is 0 Å². The molecule has 0 saturated heterocycles. The number of benzene rings is 2. The average molecular weight is 438 g/mol. The van der Waals surface area contributed by atoms with Gasteiger partial charge in [0.25, 0.3) is 0 Å². The molecule has 30 heavy (non-hydrogen) atoms. The highest BCUT2D eigenvalue weighted by atomic mass is 32.1. The van der Waals surface area contributed by atoms with Crippen molar-refractivity contribution in [1.82, 2.24) is 10.3 Å². The van der Waals surface area contributed by atoms with Crippen LogP contribution < -0.4 is 15.4 Å². The molecular weight excluding hydrogens is 417 g/mol. The lowest BCUT2D eigenvalue weighted by atomic mass is 10.0. The number of thiocarbonyl (C=S) groups is 1. The van der Waals surface area contributed by atoms with Gasteiger partial charge in [0.2, 0.25) is 0 Å². The van der Waals surface area contributed by atoms with Crippen molar-refractivity contribution in [3.05, 3.63) is 83.6 Å². The van der Waals surface area contributed by atoms with Crippen molar-refractivity contribution in [2.75, 3.05) is 11.9 Å². The van der Waals surface area contributed by atoms with Gasteiger partial charge in [0.05, 0.1) is 10.2 Å². The van der Waals surface area contributed by atoms with Crippen molar-refractivity contribution in [3.63, 3.8) is 0 Å². The van der Waals surface area contributed by atoms with Gasteiger partial charge in [0.15, 0.2) is 16.7 Å². The van der Waals surface area contributed by atoms with Crippen LogP contribution in [0.1, 0.15) is 18.4 Å². The Morgan fingerprint density at radius 2 is 1.97 bits per heavy atom. The highest BCUT2D eigenvalue weighted by Crippen LogP contribution is 2.34. The lowest BCUT2D eigenvalue weighted by Gasteiger charge is -2.16. The Balaban J connectivity index is 1.37. The number of pyridine rings is 1. The minimum absolute atomic E-state index is 0.151. The second kappa shape index (κ2) is 9.19. The van der Waals surface area contributed by atoms with Crippen LogP contribution in [-0.2, 0) is 0 Å². The number of thiophene rings is 1. The van der Waals surface area contributed by atoms with E-state index in [1.54, 1.807) is 24.4 Å². The van der Waals surface area contributed by atoms with Crippen molar-refractivity contribution in [2.45, 2.75) is 12.8 Å². The average Bonchev–Trinajstić information content (AvgIpc) is 3.24. The summed E-state index contributed by atoms with van der Waals surface area (Å²) < 4.78 is 21.3. The van der Waals surface area contributed by atoms with Gasteiger partial charge in [-0.3, -0.25) is 4.98 Å². The summed E-state index contributed by atoms with van der Waals surface area (Å²) in [4.78, 5) is 4.27. The molecule has 0 aliphatic rings. The number of hydrogen-bond donors (Lipinski definition) is 2. The number of hydrogen-bond acceptors (Lipinski definition) is 4. The highest BCUT2D eigenvalue weighted by Gasteiger charge is 2.11. The molecule has 1 atom stereocenters. The van der Waals surface area contributed by atoms with Gasteiger partial charge in [-0.05, 0) is 47.3 Å². The van der Waals surface area contributed by atoms with E-state index < -0.39 is 5.82 Å². The Morgan fingerprint density at radius 1 is 1.13 bits per heavy atom. The predicted molar refractivity (Wildman–Crippen MR) is 125 cm³/mol. The summed E-state index contributed by atoms with van der Waals surface area (Å²) in [6.45, 7) is 2.80. The summed E-state index contributed by atoms with van der Waals surface area (Å²) in [7, 11) is 0. The van der Waals surface area contributed by atoms with Crippen molar-refractivity contribution in [3.8, 4) is 11.5 Å². The quantitative estimate of drug-likeness (QED) is 0.346. The third-order valence-corrected chi connectivity index (χ3v) is 5.82. The molecule has 0 radical (unpaired) electrons. The molecule has 0 amide bonds. The van der Waals surface area contributed by atoms with Gasteiger partial charge in [0, 0.05) is 30.6 Å². The minimum atomic E-state index is -0.470.